The fourth-order valence-corrected chi connectivity index (χ4v) is 1.27. The lowest BCUT2D eigenvalue weighted by Gasteiger charge is -2.06. The summed E-state index contributed by atoms with van der Waals surface area (Å²) in [5.41, 5.74) is 2.73. The molecule has 1 unspecified atom stereocenters. The van der Waals surface area contributed by atoms with Gasteiger partial charge in [0.2, 0.25) is 0 Å². The second-order valence-electron chi connectivity index (χ2n) is 3.83. The fraction of sp³-hybridized carbons (Fsp3) is 0.636. The largest absolute Gasteiger partial charge is 0.362 e. The van der Waals surface area contributed by atoms with E-state index in [0.29, 0.717) is 11.8 Å². The molecule has 0 aromatic carbocycles. The van der Waals surface area contributed by atoms with Crippen molar-refractivity contribution in [1.29, 1.82) is 0 Å². The number of rotatable bonds is 3. The third-order valence-corrected chi connectivity index (χ3v) is 2.50. The van der Waals surface area contributed by atoms with Crippen LogP contribution in [0.4, 0.5) is 0 Å². The zero-order valence-corrected chi connectivity index (χ0v) is 8.52. The van der Waals surface area contributed by atoms with Crippen LogP contribution in [0.15, 0.2) is 12.1 Å². The molecule has 0 spiro atoms. The van der Waals surface area contributed by atoms with E-state index in [4.69, 9.17) is 0 Å². The molecule has 12 heavy (non-hydrogen) atoms. The lowest BCUT2D eigenvalue weighted by atomic mass is 10.1. The van der Waals surface area contributed by atoms with E-state index >= 15 is 0 Å². The number of H-pyrrole nitrogens is 1. The molecule has 1 aromatic heterocycles. The second-order valence-corrected chi connectivity index (χ2v) is 3.83. The summed E-state index contributed by atoms with van der Waals surface area (Å²) in [6.45, 7) is 8.91. The topological polar surface area (TPSA) is 15.8 Å². The molecule has 1 nitrogen and oxygen atoms in total. The van der Waals surface area contributed by atoms with E-state index < -0.39 is 0 Å². The van der Waals surface area contributed by atoms with Crippen molar-refractivity contribution in [3.8, 4) is 0 Å². The van der Waals surface area contributed by atoms with E-state index in [9.17, 15) is 0 Å². The quantitative estimate of drug-likeness (QED) is 0.703. The molecule has 0 saturated heterocycles. The average Bonchev–Trinajstić information content (AvgIpc) is 2.51. The van der Waals surface area contributed by atoms with Crippen molar-refractivity contribution in [2.24, 2.45) is 0 Å². The van der Waals surface area contributed by atoms with E-state index in [1.807, 2.05) is 0 Å². The lowest BCUT2D eigenvalue weighted by molar-refractivity contribution is 0.703. The Balaban J connectivity index is 2.77. The van der Waals surface area contributed by atoms with Crippen LogP contribution in [-0.2, 0) is 0 Å². The smallest absolute Gasteiger partial charge is 0.0177 e. The molecule has 1 heteroatoms. The van der Waals surface area contributed by atoms with Crippen LogP contribution in [0.5, 0.6) is 0 Å². The molecule has 0 aliphatic rings. The Kier molecular flexibility index (Phi) is 2.96. The third kappa shape index (κ3) is 1.90. The van der Waals surface area contributed by atoms with Crippen LogP contribution < -0.4 is 0 Å². The van der Waals surface area contributed by atoms with Gasteiger partial charge in [-0.15, -0.1) is 0 Å². The molecule has 0 radical (unpaired) electrons. The Bertz CT molecular complexity index is 235. The van der Waals surface area contributed by atoms with Crippen LogP contribution in [0.25, 0.3) is 0 Å². The van der Waals surface area contributed by atoms with E-state index in [-0.39, 0.29) is 0 Å². The van der Waals surface area contributed by atoms with Gasteiger partial charge in [-0.2, -0.15) is 0 Å². The summed E-state index contributed by atoms with van der Waals surface area (Å²) in [4.78, 5) is 3.46. The second kappa shape index (κ2) is 3.79. The maximum atomic E-state index is 3.46. The van der Waals surface area contributed by atoms with Crippen molar-refractivity contribution in [1.82, 2.24) is 4.98 Å². The first-order valence-electron chi connectivity index (χ1n) is 4.84. The van der Waals surface area contributed by atoms with Gasteiger partial charge in [-0.25, -0.2) is 0 Å². The molecule has 0 amide bonds. The molecule has 1 N–H and O–H groups in total. The minimum atomic E-state index is 0.614. The maximum absolute atomic E-state index is 3.46. The average molecular weight is 165 g/mol. The standard InChI is InChI=1S/C11H19N/c1-5-9(4)11-7-6-10(12-11)8(2)3/h6-9,12H,5H2,1-4H3. The van der Waals surface area contributed by atoms with Crippen LogP contribution in [0.1, 0.15) is 57.3 Å². The SMILES string of the molecule is CCC(C)c1ccc(C(C)C)[nH]1. The van der Waals surface area contributed by atoms with Gasteiger partial charge >= 0.3 is 0 Å². The molecule has 1 heterocycles. The normalized spacial score (nSPS) is 13.8. The first-order chi connectivity index (χ1) is 5.65. The van der Waals surface area contributed by atoms with Gasteiger partial charge in [0.25, 0.3) is 0 Å². The zero-order chi connectivity index (χ0) is 9.14. The van der Waals surface area contributed by atoms with Crippen molar-refractivity contribution >= 4 is 0 Å². The summed E-state index contributed by atoms with van der Waals surface area (Å²) in [5.74, 6) is 1.28. The van der Waals surface area contributed by atoms with E-state index in [1.54, 1.807) is 0 Å². The van der Waals surface area contributed by atoms with E-state index in [1.165, 1.54) is 17.8 Å². The van der Waals surface area contributed by atoms with Crippen LogP contribution >= 0.6 is 0 Å². The Hall–Kier alpha value is -0.720. The van der Waals surface area contributed by atoms with Gasteiger partial charge in [0, 0.05) is 11.4 Å². The number of hydrogen-bond donors (Lipinski definition) is 1. The van der Waals surface area contributed by atoms with Gasteiger partial charge in [0.05, 0.1) is 0 Å². The summed E-state index contributed by atoms with van der Waals surface area (Å²) in [7, 11) is 0. The molecule has 1 atom stereocenters. The summed E-state index contributed by atoms with van der Waals surface area (Å²) in [6, 6.07) is 4.41. The maximum Gasteiger partial charge on any atom is 0.0177 e. The molecule has 0 saturated carbocycles. The minimum Gasteiger partial charge on any atom is -0.362 e. The van der Waals surface area contributed by atoms with Crippen LogP contribution in [0.2, 0.25) is 0 Å². The van der Waals surface area contributed by atoms with Gasteiger partial charge in [-0.1, -0.05) is 27.7 Å². The predicted octanol–water partition coefficient (Wildman–Crippen LogP) is 3.65. The van der Waals surface area contributed by atoms with Crippen molar-refractivity contribution in [2.75, 3.05) is 0 Å². The van der Waals surface area contributed by atoms with E-state index in [0.717, 1.165) is 0 Å². The highest BCUT2D eigenvalue weighted by Gasteiger charge is 2.06. The summed E-state index contributed by atoms with van der Waals surface area (Å²) in [6.07, 6.45) is 1.21. The molecule has 0 fully saturated rings. The van der Waals surface area contributed by atoms with Gasteiger partial charge < -0.3 is 4.98 Å². The van der Waals surface area contributed by atoms with Gasteiger partial charge in [0.1, 0.15) is 0 Å². The number of aromatic amines is 1. The molecule has 0 aliphatic carbocycles. The molecule has 0 bridgehead atoms. The van der Waals surface area contributed by atoms with Gasteiger partial charge in [0.15, 0.2) is 0 Å². The van der Waals surface area contributed by atoms with E-state index in [2.05, 4.69) is 44.8 Å². The van der Waals surface area contributed by atoms with Crippen molar-refractivity contribution in [3.63, 3.8) is 0 Å². The number of aromatic nitrogens is 1. The Labute approximate surface area is 75.2 Å². The molecule has 0 aliphatic heterocycles. The third-order valence-electron chi connectivity index (χ3n) is 2.50. The molecule has 68 valence electrons. The predicted molar refractivity (Wildman–Crippen MR) is 53.6 cm³/mol. The van der Waals surface area contributed by atoms with Gasteiger partial charge in [-0.3, -0.25) is 0 Å². The summed E-state index contributed by atoms with van der Waals surface area (Å²) >= 11 is 0. The Morgan fingerprint density at radius 1 is 1.17 bits per heavy atom. The molecular formula is C11H19N. The van der Waals surface area contributed by atoms with Crippen LogP contribution in [0.3, 0.4) is 0 Å². The first kappa shape index (κ1) is 9.37. The summed E-state index contributed by atoms with van der Waals surface area (Å²) < 4.78 is 0. The fourth-order valence-electron chi connectivity index (χ4n) is 1.27. The highest BCUT2D eigenvalue weighted by Crippen LogP contribution is 2.20. The molecular weight excluding hydrogens is 146 g/mol. The molecule has 1 aromatic rings. The lowest BCUT2D eigenvalue weighted by Crippen LogP contribution is -1.93. The Morgan fingerprint density at radius 2 is 1.75 bits per heavy atom. The number of hydrogen-bond acceptors (Lipinski definition) is 0. The highest BCUT2D eigenvalue weighted by molar-refractivity contribution is 5.18. The number of nitrogens with one attached hydrogen (secondary N) is 1. The first-order valence-corrected chi connectivity index (χ1v) is 4.84. The van der Waals surface area contributed by atoms with Crippen molar-refractivity contribution < 1.29 is 0 Å². The van der Waals surface area contributed by atoms with Crippen LogP contribution in [0, 0.1) is 0 Å². The highest BCUT2D eigenvalue weighted by atomic mass is 14.7. The van der Waals surface area contributed by atoms with Crippen molar-refractivity contribution in [2.45, 2.75) is 46.0 Å². The zero-order valence-electron chi connectivity index (χ0n) is 8.52. The van der Waals surface area contributed by atoms with Crippen LogP contribution in [-0.4, -0.2) is 4.98 Å². The Morgan fingerprint density at radius 3 is 2.17 bits per heavy atom. The van der Waals surface area contributed by atoms with Gasteiger partial charge in [-0.05, 0) is 30.4 Å². The van der Waals surface area contributed by atoms with Crippen molar-refractivity contribution in [3.05, 3.63) is 23.5 Å². The minimum absolute atomic E-state index is 0.614. The molecule has 1 rings (SSSR count). The monoisotopic (exact) mass is 165 g/mol. The summed E-state index contributed by atoms with van der Waals surface area (Å²) in [5, 5.41) is 0.